The van der Waals surface area contributed by atoms with Crippen molar-refractivity contribution in [2.24, 2.45) is 0 Å². The van der Waals surface area contributed by atoms with Gasteiger partial charge in [-0.1, -0.05) is 39.7 Å². The van der Waals surface area contributed by atoms with E-state index in [0.717, 1.165) is 21.3 Å². The Morgan fingerprint density at radius 1 is 1.29 bits per heavy atom. The average molecular weight is 363 g/mol. The van der Waals surface area contributed by atoms with Crippen molar-refractivity contribution in [1.29, 1.82) is 5.26 Å². The molecule has 0 radical (unpaired) electrons. The largest absolute Gasteiger partial charge is 0.493 e. The van der Waals surface area contributed by atoms with E-state index in [0.29, 0.717) is 17.2 Å². The lowest BCUT2D eigenvalue weighted by Crippen LogP contribution is -1.94. The van der Waals surface area contributed by atoms with Gasteiger partial charge < -0.3 is 4.74 Å². The van der Waals surface area contributed by atoms with Gasteiger partial charge >= 0.3 is 0 Å². The number of rotatable bonds is 4. The van der Waals surface area contributed by atoms with Crippen molar-refractivity contribution in [2.45, 2.75) is 6.92 Å². The standard InChI is InChI=1S/C17H13BrClNO/c1-2-21-17-8-5-15(18)10-13(17)9-14(11-20)12-3-6-16(19)7-4-12/h3-10H,2H2,1H3/b14-9-. The van der Waals surface area contributed by atoms with Crippen molar-refractivity contribution >= 4 is 39.2 Å². The van der Waals surface area contributed by atoms with Crippen LogP contribution in [0, 0.1) is 11.3 Å². The summed E-state index contributed by atoms with van der Waals surface area (Å²) in [6.07, 6.45) is 1.82. The normalized spacial score (nSPS) is 11.0. The number of nitriles is 1. The van der Waals surface area contributed by atoms with E-state index in [-0.39, 0.29) is 0 Å². The molecule has 0 aliphatic carbocycles. The highest BCUT2D eigenvalue weighted by atomic mass is 79.9. The minimum absolute atomic E-state index is 0.561. The minimum Gasteiger partial charge on any atom is -0.493 e. The molecule has 0 bridgehead atoms. The fourth-order valence-electron chi connectivity index (χ4n) is 1.88. The van der Waals surface area contributed by atoms with E-state index < -0.39 is 0 Å². The van der Waals surface area contributed by atoms with Gasteiger partial charge in [-0.05, 0) is 48.9 Å². The predicted molar refractivity (Wildman–Crippen MR) is 90.2 cm³/mol. The molecule has 4 heteroatoms. The van der Waals surface area contributed by atoms with Gasteiger partial charge in [0.05, 0.1) is 18.2 Å². The van der Waals surface area contributed by atoms with Crippen molar-refractivity contribution < 1.29 is 4.74 Å². The van der Waals surface area contributed by atoms with Crippen LogP contribution in [0.4, 0.5) is 0 Å². The monoisotopic (exact) mass is 361 g/mol. The molecule has 0 N–H and O–H groups in total. The molecule has 0 fully saturated rings. The summed E-state index contributed by atoms with van der Waals surface area (Å²) in [6.45, 7) is 2.51. The highest BCUT2D eigenvalue weighted by Crippen LogP contribution is 2.28. The van der Waals surface area contributed by atoms with Gasteiger partial charge in [0, 0.05) is 15.1 Å². The Hall–Kier alpha value is -1.76. The first kappa shape index (κ1) is 15.6. The van der Waals surface area contributed by atoms with Crippen LogP contribution < -0.4 is 4.74 Å². The number of allylic oxidation sites excluding steroid dienone is 1. The first-order valence-corrected chi connectivity index (χ1v) is 7.61. The molecule has 0 aliphatic rings. The molecule has 2 rings (SSSR count). The van der Waals surface area contributed by atoms with Gasteiger partial charge in [-0.3, -0.25) is 0 Å². The topological polar surface area (TPSA) is 33.0 Å². The van der Waals surface area contributed by atoms with Gasteiger partial charge in [-0.2, -0.15) is 5.26 Å². The van der Waals surface area contributed by atoms with Crippen LogP contribution >= 0.6 is 27.5 Å². The zero-order chi connectivity index (χ0) is 15.2. The molecular formula is C17H13BrClNO. The molecule has 0 atom stereocenters. The van der Waals surface area contributed by atoms with Gasteiger partial charge in [0.1, 0.15) is 5.75 Å². The van der Waals surface area contributed by atoms with E-state index in [1.807, 2.05) is 43.3 Å². The zero-order valence-corrected chi connectivity index (χ0v) is 13.8. The van der Waals surface area contributed by atoms with E-state index in [2.05, 4.69) is 22.0 Å². The second kappa shape index (κ2) is 7.31. The quantitative estimate of drug-likeness (QED) is 0.526. The lowest BCUT2D eigenvalue weighted by Gasteiger charge is -2.08. The summed E-state index contributed by atoms with van der Waals surface area (Å²) in [6, 6.07) is 15.1. The van der Waals surface area contributed by atoms with Crippen molar-refractivity contribution in [1.82, 2.24) is 0 Å². The van der Waals surface area contributed by atoms with Crippen molar-refractivity contribution in [3.05, 3.63) is 63.1 Å². The van der Waals surface area contributed by atoms with Crippen LogP contribution in [0.3, 0.4) is 0 Å². The molecule has 2 aromatic carbocycles. The van der Waals surface area contributed by atoms with Gasteiger partial charge in [0.2, 0.25) is 0 Å². The molecule has 2 nitrogen and oxygen atoms in total. The zero-order valence-electron chi connectivity index (χ0n) is 11.4. The van der Waals surface area contributed by atoms with E-state index in [9.17, 15) is 5.26 Å². The van der Waals surface area contributed by atoms with Crippen LogP contribution in [0.15, 0.2) is 46.9 Å². The van der Waals surface area contributed by atoms with Crippen molar-refractivity contribution in [3.8, 4) is 11.8 Å². The smallest absolute Gasteiger partial charge is 0.126 e. The molecule has 0 aliphatic heterocycles. The van der Waals surface area contributed by atoms with Crippen LogP contribution in [0.2, 0.25) is 5.02 Å². The predicted octanol–water partition coefficient (Wildman–Crippen LogP) is 5.57. The Morgan fingerprint density at radius 2 is 2.00 bits per heavy atom. The minimum atomic E-state index is 0.561. The highest BCUT2D eigenvalue weighted by Gasteiger charge is 2.06. The Balaban J connectivity index is 2.47. The van der Waals surface area contributed by atoms with Gasteiger partial charge in [0.15, 0.2) is 0 Å². The second-order valence-electron chi connectivity index (χ2n) is 4.29. The summed E-state index contributed by atoms with van der Waals surface area (Å²) in [4.78, 5) is 0. The Kier molecular flexibility index (Phi) is 5.44. The molecule has 106 valence electrons. The average Bonchev–Trinajstić information content (AvgIpc) is 2.48. The molecule has 0 heterocycles. The first-order valence-electron chi connectivity index (χ1n) is 6.44. The van der Waals surface area contributed by atoms with Crippen LogP contribution in [-0.4, -0.2) is 6.61 Å². The first-order chi connectivity index (χ1) is 10.1. The Morgan fingerprint density at radius 3 is 2.62 bits per heavy atom. The SMILES string of the molecule is CCOc1ccc(Br)cc1/C=C(/C#N)c1ccc(Cl)cc1. The summed E-state index contributed by atoms with van der Waals surface area (Å²) in [7, 11) is 0. The number of nitrogens with zero attached hydrogens (tertiary/aromatic N) is 1. The summed E-state index contributed by atoms with van der Waals surface area (Å²) >= 11 is 9.32. The molecule has 0 saturated carbocycles. The molecule has 0 unspecified atom stereocenters. The van der Waals surface area contributed by atoms with Crippen molar-refractivity contribution in [2.75, 3.05) is 6.61 Å². The lowest BCUT2D eigenvalue weighted by molar-refractivity contribution is 0.339. The van der Waals surface area contributed by atoms with Gasteiger partial charge in [-0.25, -0.2) is 0 Å². The fourth-order valence-corrected chi connectivity index (χ4v) is 2.39. The van der Waals surface area contributed by atoms with Crippen LogP contribution in [0.1, 0.15) is 18.1 Å². The highest BCUT2D eigenvalue weighted by molar-refractivity contribution is 9.10. The third-order valence-corrected chi connectivity index (χ3v) is 3.59. The Bertz CT molecular complexity index is 702. The second-order valence-corrected chi connectivity index (χ2v) is 5.64. The molecule has 0 saturated heterocycles. The third-order valence-electron chi connectivity index (χ3n) is 2.85. The molecule has 0 aromatic heterocycles. The number of benzene rings is 2. The number of halogens is 2. The van der Waals surface area contributed by atoms with E-state index in [4.69, 9.17) is 16.3 Å². The third kappa shape index (κ3) is 4.10. The van der Waals surface area contributed by atoms with Crippen LogP contribution in [-0.2, 0) is 0 Å². The molecule has 0 amide bonds. The van der Waals surface area contributed by atoms with E-state index >= 15 is 0 Å². The van der Waals surface area contributed by atoms with Gasteiger partial charge in [-0.15, -0.1) is 0 Å². The van der Waals surface area contributed by atoms with Gasteiger partial charge in [0.25, 0.3) is 0 Å². The Labute approximate surface area is 137 Å². The fraction of sp³-hybridized carbons (Fsp3) is 0.118. The van der Waals surface area contributed by atoms with E-state index in [1.165, 1.54) is 0 Å². The summed E-state index contributed by atoms with van der Waals surface area (Å²) in [5.74, 6) is 0.752. The van der Waals surface area contributed by atoms with Crippen molar-refractivity contribution in [3.63, 3.8) is 0 Å². The maximum Gasteiger partial charge on any atom is 0.126 e. The van der Waals surface area contributed by atoms with Crippen LogP contribution in [0.25, 0.3) is 11.6 Å². The number of hydrogen-bond acceptors (Lipinski definition) is 2. The number of ether oxygens (including phenoxy) is 1. The molecule has 21 heavy (non-hydrogen) atoms. The summed E-state index contributed by atoms with van der Waals surface area (Å²) < 4.78 is 6.53. The maximum atomic E-state index is 9.40. The molecule has 0 spiro atoms. The van der Waals surface area contributed by atoms with Crippen LogP contribution in [0.5, 0.6) is 5.75 Å². The van der Waals surface area contributed by atoms with E-state index in [1.54, 1.807) is 12.1 Å². The summed E-state index contributed by atoms with van der Waals surface area (Å²) in [5, 5.41) is 10.0. The maximum absolute atomic E-state index is 9.40. The molecular weight excluding hydrogens is 350 g/mol. The number of hydrogen-bond donors (Lipinski definition) is 0. The molecule has 2 aromatic rings. The lowest BCUT2D eigenvalue weighted by atomic mass is 10.0. The summed E-state index contributed by atoms with van der Waals surface area (Å²) in [5.41, 5.74) is 2.24.